The van der Waals surface area contributed by atoms with E-state index in [0.29, 0.717) is 5.89 Å². The molecule has 26 heavy (non-hydrogen) atoms. The minimum Gasteiger partial charge on any atom is -0.418 e. The van der Waals surface area contributed by atoms with E-state index in [0.717, 1.165) is 16.8 Å². The number of hydrogen-bond donors (Lipinski definition) is 2. The van der Waals surface area contributed by atoms with Crippen LogP contribution in [0.3, 0.4) is 0 Å². The summed E-state index contributed by atoms with van der Waals surface area (Å²) in [4.78, 5) is 4.34. The van der Waals surface area contributed by atoms with Gasteiger partial charge in [0.15, 0.2) is 0 Å². The van der Waals surface area contributed by atoms with E-state index in [1.54, 1.807) is 0 Å². The van der Waals surface area contributed by atoms with Gasteiger partial charge >= 0.3 is 7.60 Å². The number of nitrogens with zero attached hydrogens (tertiary/aromatic N) is 1. The molecule has 1 aromatic heterocycles. The monoisotopic (exact) mass is 373 g/mol. The van der Waals surface area contributed by atoms with Gasteiger partial charge in [-0.25, -0.2) is 0 Å². The maximum atomic E-state index is 12.8. The van der Waals surface area contributed by atoms with Gasteiger partial charge in [0.05, 0.1) is 5.69 Å². The summed E-state index contributed by atoms with van der Waals surface area (Å²) >= 11 is 0. The number of aromatic nitrogens is 1. The molecule has 1 heterocycles. The Balaban J connectivity index is 1.95. The van der Waals surface area contributed by atoms with Crippen molar-refractivity contribution in [3.8, 4) is 11.5 Å². The van der Waals surface area contributed by atoms with Gasteiger partial charge < -0.3 is 13.5 Å². The van der Waals surface area contributed by atoms with E-state index in [9.17, 15) is 4.57 Å². The zero-order valence-electron chi connectivity index (χ0n) is 14.7. The first-order chi connectivity index (χ1) is 12.6. The van der Waals surface area contributed by atoms with E-state index < -0.39 is 7.60 Å². The summed E-state index contributed by atoms with van der Waals surface area (Å²) in [6.07, 6.45) is 0. The van der Waals surface area contributed by atoms with Gasteiger partial charge in [0.2, 0.25) is 17.2 Å². The fourth-order valence-electron chi connectivity index (χ4n) is 2.30. The van der Waals surface area contributed by atoms with E-state index in [1.807, 2.05) is 61.5 Å². The van der Waals surface area contributed by atoms with Crippen molar-refractivity contribution in [2.45, 2.75) is 6.92 Å². The molecule has 7 nitrogen and oxygen atoms in total. The van der Waals surface area contributed by atoms with E-state index >= 15 is 0 Å². The summed E-state index contributed by atoms with van der Waals surface area (Å²) in [7, 11) is -0.999. The minimum absolute atomic E-state index is 0.0703. The number of oxazole rings is 1. The second-order valence-corrected chi connectivity index (χ2v) is 7.67. The van der Waals surface area contributed by atoms with E-state index in [4.69, 9.17) is 13.5 Å². The summed E-state index contributed by atoms with van der Waals surface area (Å²) in [5, 5.41) is 0. The van der Waals surface area contributed by atoms with Gasteiger partial charge in [0, 0.05) is 19.8 Å². The average molecular weight is 373 g/mol. The third kappa shape index (κ3) is 3.80. The Bertz CT molecular complexity index is 902. The number of hydrazine groups is 1. The molecule has 0 amide bonds. The predicted octanol–water partition coefficient (Wildman–Crippen LogP) is 4.20. The number of hydrogen-bond acceptors (Lipinski definition) is 7. The van der Waals surface area contributed by atoms with Crippen molar-refractivity contribution in [1.82, 2.24) is 4.98 Å². The summed E-state index contributed by atoms with van der Waals surface area (Å²) in [5.41, 5.74) is 8.67. The van der Waals surface area contributed by atoms with Crippen LogP contribution in [-0.2, 0) is 13.6 Å². The number of nitrogens with one attached hydrogen (secondary N) is 2. The van der Waals surface area contributed by atoms with Crippen molar-refractivity contribution >= 4 is 24.6 Å². The largest absolute Gasteiger partial charge is 0.418 e. The highest BCUT2D eigenvalue weighted by molar-refractivity contribution is 7.62. The topological polar surface area (TPSA) is 85.6 Å². The summed E-state index contributed by atoms with van der Waals surface area (Å²) in [5.74, 6) is 0.472. The number of aryl methyl sites for hydroxylation is 1. The number of anilines is 2. The smallest absolute Gasteiger partial charge is 0.384 e. The normalized spacial score (nSPS) is 11.3. The molecule has 8 heteroatoms. The molecule has 0 bridgehead atoms. The zero-order valence-corrected chi connectivity index (χ0v) is 15.6. The quantitative estimate of drug-likeness (QED) is 0.474. The molecule has 0 radical (unpaired) electrons. The Morgan fingerprint density at radius 3 is 2.23 bits per heavy atom. The first-order valence-electron chi connectivity index (χ1n) is 7.93. The van der Waals surface area contributed by atoms with Gasteiger partial charge in [-0.1, -0.05) is 35.9 Å². The van der Waals surface area contributed by atoms with Crippen LogP contribution in [0, 0.1) is 6.92 Å². The van der Waals surface area contributed by atoms with E-state index in [1.165, 1.54) is 14.2 Å². The van der Waals surface area contributed by atoms with Gasteiger partial charge in [-0.3, -0.25) is 15.4 Å². The Labute approximate surface area is 151 Å². The summed E-state index contributed by atoms with van der Waals surface area (Å²) in [6, 6.07) is 17.1. The third-order valence-corrected chi connectivity index (χ3v) is 5.53. The maximum Gasteiger partial charge on any atom is 0.384 e. The van der Waals surface area contributed by atoms with Crippen molar-refractivity contribution in [2.24, 2.45) is 0 Å². The first kappa shape index (κ1) is 18.2. The van der Waals surface area contributed by atoms with Gasteiger partial charge in [0.1, 0.15) is 0 Å². The highest BCUT2D eigenvalue weighted by Crippen LogP contribution is 2.47. The molecule has 3 rings (SSSR count). The maximum absolute atomic E-state index is 12.8. The van der Waals surface area contributed by atoms with Gasteiger partial charge in [0.25, 0.3) is 0 Å². The highest BCUT2D eigenvalue weighted by Gasteiger charge is 2.34. The lowest BCUT2D eigenvalue weighted by Crippen LogP contribution is -2.18. The van der Waals surface area contributed by atoms with Crippen molar-refractivity contribution in [2.75, 3.05) is 25.1 Å². The predicted molar refractivity (Wildman–Crippen MR) is 102 cm³/mol. The van der Waals surface area contributed by atoms with Gasteiger partial charge in [-0.2, -0.15) is 4.98 Å². The molecule has 0 aliphatic carbocycles. The lowest BCUT2D eigenvalue weighted by molar-refractivity contribution is 0.286. The van der Waals surface area contributed by atoms with Crippen LogP contribution >= 0.6 is 7.60 Å². The fraction of sp³-hybridized carbons (Fsp3) is 0.167. The Hall–Kier alpha value is -2.60. The molecule has 0 atom stereocenters. The molecule has 2 aromatic carbocycles. The molecule has 0 spiro atoms. The third-order valence-electron chi connectivity index (χ3n) is 3.74. The van der Waals surface area contributed by atoms with Crippen LogP contribution in [0.25, 0.3) is 11.5 Å². The molecule has 2 N–H and O–H groups in total. The van der Waals surface area contributed by atoms with Crippen LogP contribution in [0.5, 0.6) is 0 Å². The van der Waals surface area contributed by atoms with Crippen molar-refractivity contribution in [1.29, 1.82) is 0 Å². The fourth-order valence-corrected chi connectivity index (χ4v) is 3.36. The average Bonchev–Trinajstić information content (AvgIpc) is 3.12. The molecule has 0 saturated carbocycles. The lowest BCUT2D eigenvalue weighted by Gasteiger charge is -2.13. The Kier molecular flexibility index (Phi) is 5.42. The number of rotatable bonds is 7. The lowest BCUT2D eigenvalue weighted by atomic mass is 10.2. The molecular weight excluding hydrogens is 353 g/mol. The summed E-state index contributed by atoms with van der Waals surface area (Å²) in [6.45, 7) is 2.01. The van der Waals surface area contributed by atoms with Gasteiger partial charge in [-0.05, 0) is 31.2 Å². The van der Waals surface area contributed by atoms with Crippen molar-refractivity contribution in [3.63, 3.8) is 0 Å². The minimum atomic E-state index is -3.61. The SMILES string of the molecule is COP(=O)(OC)c1nc(-c2ccccc2)oc1NNc1ccc(C)cc1. The Morgan fingerprint density at radius 1 is 0.962 bits per heavy atom. The second kappa shape index (κ2) is 7.74. The van der Waals surface area contributed by atoms with Crippen LogP contribution in [0.2, 0.25) is 0 Å². The molecule has 0 aliphatic rings. The molecule has 0 unspecified atom stereocenters. The van der Waals surface area contributed by atoms with E-state index in [-0.39, 0.29) is 11.3 Å². The molecule has 3 aromatic rings. The molecule has 0 fully saturated rings. The highest BCUT2D eigenvalue weighted by atomic mass is 31.2. The standard InChI is InChI=1S/C18H20N3O4P/c1-13-9-11-15(12-10-13)20-21-17-18(26(22,23-2)24-3)19-16(25-17)14-7-5-4-6-8-14/h4-12,20-21H,1-3H3. The van der Waals surface area contributed by atoms with Crippen LogP contribution in [0.15, 0.2) is 59.0 Å². The Morgan fingerprint density at radius 2 is 1.62 bits per heavy atom. The van der Waals surface area contributed by atoms with Crippen LogP contribution < -0.4 is 16.3 Å². The van der Waals surface area contributed by atoms with Crippen molar-refractivity contribution in [3.05, 3.63) is 60.2 Å². The first-order valence-corrected chi connectivity index (χ1v) is 9.47. The van der Waals surface area contributed by atoms with Gasteiger partial charge in [-0.15, -0.1) is 0 Å². The molecular formula is C18H20N3O4P. The second-order valence-electron chi connectivity index (χ2n) is 5.52. The van der Waals surface area contributed by atoms with E-state index in [2.05, 4.69) is 15.8 Å². The molecule has 136 valence electrons. The molecule has 0 saturated heterocycles. The summed E-state index contributed by atoms with van der Waals surface area (Å²) < 4.78 is 28.8. The zero-order chi connectivity index (χ0) is 18.6. The van der Waals surface area contributed by atoms with Crippen molar-refractivity contribution < 1.29 is 18.0 Å². The number of benzene rings is 2. The van der Waals surface area contributed by atoms with Crippen LogP contribution in [0.4, 0.5) is 11.6 Å². The van der Waals surface area contributed by atoms with Crippen LogP contribution in [0.1, 0.15) is 5.56 Å². The molecule has 0 aliphatic heterocycles. The van der Waals surface area contributed by atoms with Crippen LogP contribution in [-0.4, -0.2) is 19.2 Å².